The van der Waals surface area contributed by atoms with E-state index in [0.29, 0.717) is 0 Å². The Morgan fingerprint density at radius 2 is 1.82 bits per heavy atom. The fourth-order valence-corrected chi connectivity index (χ4v) is 1.23. The van der Waals surface area contributed by atoms with E-state index in [1.165, 1.54) is 0 Å². The zero-order valence-corrected chi connectivity index (χ0v) is 7.21. The van der Waals surface area contributed by atoms with Crippen molar-refractivity contribution in [2.24, 2.45) is 5.73 Å². The summed E-state index contributed by atoms with van der Waals surface area (Å²) in [5, 5.41) is 0. The number of rotatable bonds is 0. The molecule has 0 spiro atoms. The van der Waals surface area contributed by atoms with Crippen LogP contribution in [0.15, 0.2) is 0 Å². The van der Waals surface area contributed by atoms with Gasteiger partial charge in [-0.05, 0) is 0 Å². The third-order valence-electron chi connectivity index (χ3n) is 2.26. The molecule has 64 valence electrons. The molecule has 0 atom stereocenters. The number of carbonyl (C=O) groups is 1. The van der Waals surface area contributed by atoms with Crippen LogP contribution in [-0.4, -0.2) is 55.7 Å². The Labute approximate surface area is 67.2 Å². The van der Waals surface area contributed by atoms with Gasteiger partial charge >= 0.3 is 6.03 Å². The minimum absolute atomic E-state index is 0.287. The molecular weight excluding hydrogens is 142 g/mol. The standard InChI is InChI=1S/C7H15N3O/c1-10(2)5-3-9(4-6-10)7(8)11/h3-6H2,1-2H3,(H-,8,11)/p+1. The monoisotopic (exact) mass is 158 g/mol. The van der Waals surface area contributed by atoms with E-state index in [1.807, 2.05) is 0 Å². The molecule has 0 unspecified atom stereocenters. The summed E-state index contributed by atoms with van der Waals surface area (Å²) in [5.74, 6) is 0. The number of piperazine rings is 1. The number of urea groups is 1. The number of quaternary nitrogens is 1. The second-order valence-electron chi connectivity index (χ2n) is 3.71. The highest BCUT2D eigenvalue weighted by molar-refractivity contribution is 5.71. The molecule has 0 aromatic heterocycles. The molecule has 2 amide bonds. The smallest absolute Gasteiger partial charge is 0.315 e. The predicted octanol–water partition coefficient (Wildman–Crippen LogP) is -0.543. The normalized spacial score (nSPS) is 23.3. The lowest BCUT2D eigenvalue weighted by atomic mass is 10.3. The van der Waals surface area contributed by atoms with Crippen LogP contribution >= 0.6 is 0 Å². The number of nitrogens with zero attached hydrogens (tertiary/aromatic N) is 2. The van der Waals surface area contributed by atoms with Crippen LogP contribution in [0.4, 0.5) is 4.79 Å². The highest BCUT2D eigenvalue weighted by Gasteiger charge is 2.25. The molecule has 2 N–H and O–H groups in total. The van der Waals surface area contributed by atoms with Crippen molar-refractivity contribution < 1.29 is 9.28 Å². The number of carbonyl (C=O) groups excluding carboxylic acids is 1. The van der Waals surface area contributed by atoms with Crippen molar-refractivity contribution >= 4 is 6.03 Å². The second kappa shape index (κ2) is 2.70. The number of amides is 2. The van der Waals surface area contributed by atoms with Crippen molar-refractivity contribution in [3.8, 4) is 0 Å². The highest BCUT2D eigenvalue weighted by Crippen LogP contribution is 2.05. The lowest BCUT2D eigenvalue weighted by molar-refractivity contribution is -0.894. The molecule has 1 heterocycles. The first-order valence-electron chi connectivity index (χ1n) is 3.88. The van der Waals surface area contributed by atoms with Crippen LogP contribution in [0.1, 0.15) is 0 Å². The Bertz CT molecular complexity index is 157. The zero-order chi connectivity index (χ0) is 8.48. The summed E-state index contributed by atoms with van der Waals surface area (Å²) in [5.41, 5.74) is 5.14. The summed E-state index contributed by atoms with van der Waals surface area (Å²) in [6, 6.07) is -0.287. The molecule has 0 bridgehead atoms. The summed E-state index contributed by atoms with van der Waals surface area (Å²) < 4.78 is 0.990. The van der Waals surface area contributed by atoms with Gasteiger partial charge in [-0.2, -0.15) is 0 Å². The van der Waals surface area contributed by atoms with E-state index >= 15 is 0 Å². The molecule has 0 radical (unpaired) electrons. The molecule has 1 saturated heterocycles. The number of nitrogens with two attached hydrogens (primary N) is 1. The van der Waals surface area contributed by atoms with Gasteiger partial charge < -0.3 is 15.1 Å². The van der Waals surface area contributed by atoms with Crippen molar-refractivity contribution in [3.05, 3.63) is 0 Å². The van der Waals surface area contributed by atoms with Gasteiger partial charge in [0.25, 0.3) is 0 Å². The van der Waals surface area contributed by atoms with E-state index in [0.717, 1.165) is 30.7 Å². The molecule has 1 fully saturated rings. The quantitative estimate of drug-likeness (QED) is 0.473. The van der Waals surface area contributed by atoms with Gasteiger partial charge in [0, 0.05) is 0 Å². The number of hydrogen-bond donors (Lipinski definition) is 1. The van der Waals surface area contributed by atoms with Crippen LogP contribution < -0.4 is 5.73 Å². The summed E-state index contributed by atoms with van der Waals surface area (Å²) in [6.45, 7) is 3.59. The Morgan fingerprint density at radius 3 is 2.18 bits per heavy atom. The Kier molecular flexibility index (Phi) is 2.04. The largest absolute Gasteiger partial charge is 0.351 e. The second-order valence-corrected chi connectivity index (χ2v) is 3.71. The van der Waals surface area contributed by atoms with Gasteiger partial charge in [-0.3, -0.25) is 0 Å². The van der Waals surface area contributed by atoms with Gasteiger partial charge in [-0.1, -0.05) is 0 Å². The molecular formula is C7H16N3O+. The molecule has 1 aliphatic rings. The maximum absolute atomic E-state index is 10.7. The maximum Gasteiger partial charge on any atom is 0.315 e. The Balaban J connectivity index is 2.42. The molecule has 4 heteroatoms. The van der Waals surface area contributed by atoms with Crippen molar-refractivity contribution in [3.63, 3.8) is 0 Å². The topological polar surface area (TPSA) is 46.3 Å². The molecule has 4 nitrogen and oxygen atoms in total. The summed E-state index contributed by atoms with van der Waals surface area (Å²) in [7, 11) is 4.33. The van der Waals surface area contributed by atoms with Crippen molar-refractivity contribution in [1.82, 2.24) is 4.90 Å². The number of likely N-dealkylation sites (N-methyl/N-ethyl adjacent to an activating group) is 1. The molecule has 1 aliphatic heterocycles. The van der Waals surface area contributed by atoms with E-state index in [1.54, 1.807) is 4.90 Å². The number of primary amides is 1. The molecule has 1 rings (SSSR count). The van der Waals surface area contributed by atoms with E-state index in [9.17, 15) is 4.79 Å². The molecule has 0 aromatic carbocycles. The van der Waals surface area contributed by atoms with Gasteiger partial charge in [0.1, 0.15) is 0 Å². The highest BCUT2D eigenvalue weighted by atomic mass is 16.2. The summed E-state index contributed by atoms with van der Waals surface area (Å²) >= 11 is 0. The van der Waals surface area contributed by atoms with Crippen LogP contribution in [0.25, 0.3) is 0 Å². The van der Waals surface area contributed by atoms with Crippen LogP contribution in [0.3, 0.4) is 0 Å². The van der Waals surface area contributed by atoms with Crippen LogP contribution in [-0.2, 0) is 0 Å². The SMILES string of the molecule is C[N+]1(C)CCN(C(N)=O)CC1. The first-order valence-corrected chi connectivity index (χ1v) is 3.88. The van der Waals surface area contributed by atoms with Gasteiger partial charge in [0.05, 0.1) is 40.3 Å². The Hall–Kier alpha value is -0.770. The first-order chi connectivity index (χ1) is 5.01. The third-order valence-corrected chi connectivity index (χ3v) is 2.26. The Morgan fingerprint density at radius 1 is 1.36 bits per heavy atom. The zero-order valence-electron chi connectivity index (χ0n) is 7.21. The first kappa shape index (κ1) is 8.33. The lowest BCUT2D eigenvalue weighted by Gasteiger charge is -2.38. The average molecular weight is 158 g/mol. The van der Waals surface area contributed by atoms with Crippen LogP contribution in [0, 0.1) is 0 Å². The molecule has 0 aromatic rings. The van der Waals surface area contributed by atoms with Crippen molar-refractivity contribution in [2.75, 3.05) is 40.3 Å². The van der Waals surface area contributed by atoms with Crippen molar-refractivity contribution in [2.45, 2.75) is 0 Å². The number of hydrogen-bond acceptors (Lipinski definition) is 1. The van der Waals surface area contributed by atoms with Gasteiger partial charge in [-0.15, -0.1) is 0 Å². The van der Waals surface area contributed by atoms with Crippen LogP contribution in [0.2, 0.25) is 0 Å². The van der Waals surface area contributed by atoms with E-state index < -0.39 is 0 Å². The van der Waals surface area contributed by atoms with Crippen molar-refractivity contribution in [1.29, 1.82) is 0 Å². The summed E-state index contributed by atoms with van der Waals surface area (Å²) in [4.78, 5) is 12.4. The van der Waals surface area contributed by atoms with E-state index in [-0.39, 0.29) is 6.03 Å². The minimum atomic E-state index is -0.287. The van der Waals surface area contributed by atoms with Gasteiger partial charge in [0.2, 0.25) is 0 Å². The van der Waals surface area contributed by atoms with Gasteiger partial charge in [0.15, 0.2) is 0 Å². The molecule has 0 saturated carbocycles. The lowest BCUT2D eigenvalue weighted by Crippen LogP contribution is -2.57. The average Bonchev–Trinajstić information content (AvgIpc) is 1.86. The third kappa shape index (κ3) is 2.08. The van der Waals surface area contributed by atoms with E-state index in [2.05, 4.69) is 14.1 Å². The van der Waals surface area contributed by atoms with Crippen LogP contribution in [0.5, 0.6) is 0 Å². The van der Waals surface area contributed by atoms with Gasteiger partial charge in [-0.25, -0.2) is 4.79 Å². The van der Waals surface area contributed by atoms with E-state index in [4.69, 9.17) is 5.73 Å². The summed E-state index contributed by atoms with van der Waals surface area (Å²) in [6.07, 6.45) is 0. The fraction of sp³-hybridized carbons (Fsp3) is 0.857. The minimum Gasteiger partial charge on any atom is -0.351 e. The molecule has 0 aliphatic carbocycles. The predicted molar refractivity (Wildman–Crippen MR) is 43.0 cm³/mol. The fourth-order valence-electron chi connectivity index (χ4n) is 1.23. The maximum atomic E-state index is 10.7. The molecule has 11 heavy (non-hydrogen) atoms.